The largest absolute Gasteiger partial charge is 0.309 e. The molecule has 0 fully saturated rings. The van der Waals surface area contributed by atoms with Crippen LogP contribution in [-0.2, 0) is 13.1 Å². The Labute approximate surface area is 130 Å². The van der Waals surface area contributed by atoms with Crippen LogP contribution in [0.15, 0.2) is 16.2 Å². The average molecular weight is 319 g/mol. The van der Waals surface area contributed by atoms with Crippen molar-refractivity contribution < 1.29 is 0 Å². The molecule has 0 unspecified atom stereocenters. The Kier molecular flexibility index (Phi) is 3.93. The summed E-state index contributed by atoms with van der Waals surface area (Å²) < 4.78 is 0. The summed E-state index contributed by atoms with van der Waals surface area (Å²) in [6.45, 7) is 7.48. The molecule has 4 nitrogen and oxygen atoms in total. The van der Waals surface area contributed by atoms with Crippen molar-refractivity contribution in [2.24, 2.45) is 0 Å². The highest BCUT2D eigenvalue weighted by Gasteiger charge is 2.11. The number of H-pyrrole nitrogens is 1. The molecule has 0 amide bonds. The van der Waals surface area contributed by atoms with Gasteiger partial charge in [-0.15, -0.1) is 22.7 Å². The van der Waals surface area contributed by atoms with E-state index in [-0.39, 0.29) is 5.56 Å². The molecule has 0 aromatic carbocycles. The predicted molar refractivity (Wildman–Crippen MR) is 89.3 cm³/mol. The fourth-order valence-electron chi connectivity index (χ4n) is 2.26. The van der Waals surface area contributed by atoms with Gasteiger partial charge in [0.15, 0.2) is 0 Å². The van der Waals surface area contributed by atoms with Crippen molar-refractivity contribution in [3.05, 3.63) is 48.5 Å². The molecule has 3 heterocycles. The van der Waals surface area contributed by atoms with E-state index in [0.717, 1.165) is 27.2 Å². The zero-order valence-electron chi connectivity index (χ0n) is 12.2. The zero-order valence-corrected chi connectivity index (χ0v) is 13.9. The molecule has 0 aliphatic carbocycles. The summed E-state index contributed by atoms with van der Waals surface area (Å²) in [5.41, 5.74) is 2.30. The van der Waals surface area contributed by atoms with Crippen molar-refractivity contribution in [2.75, 3.05) is 0 Å². The van der Waals surface area contributed by atoms with Gasteiger partial charge in [-0.2, -0.15) is 0 Å². The highest BCUT2D eigenvalue weighted by atomic mass is 32.1. The Hall–Kier alpha value is -1.50. The van der Waals surface area contributed by atoms with Gasteiger partial charge < -0.3 is 10.3 Å². The summed E-state index contributed by atoms with van der Waals surface area (Å²) in [5, 5.41) is 6.17. The van der Waals surface area contributed by atoms with E-state index < -0.39 is 0 Å². The minimum Gasteiger partial charge on any atom is -0.309 e. The number of aromatic nitrogens is 2. The maximum absolute atomic E-state index is 12.2. The van der Waals surface area contributed by atoms with Gasteiger partial charge in [-0.05, 0) is 43.3 Å². The Balaban J connectivity index is 1.79. The number of nitrogens with one attached hydrogen (secondary N) is 2. The molecule has 0 radical (unpaired) electrons. The van der Waals surface area contributed by atoms with Crippen molar-refractivity contribution in [3.63, 3.8) is 0 Å². The van der Waals surface area contributed by atoms with Crippen LogP contribution in [0.1, 0.15) is 26.7 Å². The second kappa shape index (κ2) is 5.71. The molecule has 0 aliphatic rings. The van der Waals surface area contributed by atoms with Gasteiger partial charge in [-0.1, -0.05) is 0 Å². The summed E-state index contributed by atoms with van der Waals surface area (Å²) in [7, 11) is 0. The summed E-state index contributed by atoms with van der Waals surface area (Å²) in [4.78, 5) is 22.9. The van der Waals surface area contributed by atoms with E-state index in [2.05, 4.69) is 33.7 Å². The quantitative estimate of drug-likeness (QED) is 0.776. The smallest absolute Gasteiger partial charge is 0.259 e. The fraction of sp³-hybridized carbons (Fsp3) is 0.333. The Morgan fingerprint density at radius 3 is 2.81 bits per heavy atom. The maximum Gasteiger partial charge on any atom is 0.259 e. The molecule has 0 atom stereocenters. The van der Waals surface area contributed by atoms with Gasteiger partial charge in [-0.3, -0.25) is 4.79 Å². The number of hydrogen-bond acceptors (Lipinski definition) is 5. The average Bonchev–Trinajstić information content (AvgIpc) is 2.95. The van der Waals surface area contributed by atoms with Crippen LogP contribution in [0.4, 0.5) is 0 Å². The molecule has 0 saturated carbocycles. The molecule has 2 N–H and O–H groups in total. The van der Waals surface area contributed by atoms with Crippen LogP contribution in [0.2, 0.25) is 0 Å². The first-order chi connectivity index (χ1) is 10.1. The summed E-state index contributed by atoms with van der Waals surface area (Å²) in [5.74, 6) is 0.697. The lowest BCUT2D eigenvalue weighted by molar-refractivity contribution is 0.668. The topological polar surface area (TPSA) is 57.8 Å². The second-order valence-electron chi connectivity index (χ2n) is 5.11. The van der Waals surface area contributed by atoms with Gasteiger partial charge in [-0.25, -0.2) is 4.98 Å². The lowest BCUT2D eigenvalue weighted by Crippen LogP contribution is -2.19. The third kappa shape index (κ3) is 2.79. The first-order valence-corrected chi connectivity index (χ1v) is 8.48. The molecule has 3 rings (SSSR count). The first-order valence-electron chi connectivity index (χ1n) is 6.79. The van der Waals surface area contributed by atoms with Crippen LogP contribution in [0.5, 0.6) is 0 Å². The molecule has 21 heavy (non-hydrogen) atoms. The number of hydrogen-bond donors (Lipinski definition) is 2. The van der Waals surface area contributed by atoms with Gasteiger partial charge in [0, 0.05) is 16.3 Å². The van der Waals surface area contributed by atoms with Crippen LogP contribution in [0.25, 0.3) is 10.2 Å². The van der Waals surface area contributed by atoms with Crippen LogP contribution in [0.3, 0.4) is 0 Å². The van der Waals surface area contributed by atoms with Crippen molar-refractivity contribution >= 4 is 32.9 Å². The Bertz CT molecular complexity index is 844. The molecule has 6 heteroatoms. The van der Waals surface area contributed by atoms with E-state index in [1.54, 1.807) is 22.7 Å². The van der Waals surface area contributed by atoms with Gasteiger partial charge in [0.2, 0.25) is 0 Å². The summed E-state index contributed by atoms with van der Waals surface area (Å²) in [6.07, 6.45) is 0. The van der Waals surface area contributed by atoms with Gasteiger partial charge in [0.05, 0.1) is 11.9 Å². The van der Waals surface area contributed by atoms with Crippen LogP contribution in [-0.4, -0.2) is 9.97 Å². The minimum atomic E-state index is -0.0362. The fourth-order valence-corrected chi connectivity index (χ4v) is 4.19. The standard InChI is InChI=1S/C15H17N3OS2/c1-8-4-5-20-11(8)6-16-7-12-17-14(19)13-9(2)10(3)21-15(13)18-12/h4-5,16H,6-7H2,1-3H3,(H,17,18,19). The van der Waals surface area contributed by atoms with E-state index >= 15 is 0 Å². The number of aromatic amines is 1. The van der Waals surface area contributed by atoms with Crippen molar-refractivity contribution in [1.82, 2.24) is 15.3 Å². The molecular weight excluding hydrogens is 302 g/mol. The van der Waals surface area contributed by atoms with E-state index in [0.29, 0.717) is 12.4 Å². The van der Waals surface area contributed by atoms with E-state index in [1.165, 1.54) is 10.4 Å². The monoisotopic (exact) mass is 319 g/mol. The third-order valence-electron chi connectivity index (χ3n) is 3.63. The number of nitrogens with zero attached hydrogens (tertiary/aromatic N) is 1. The summed E-state index contributed by atoms with van der Waals surface area (Å²) >= 11 is 3.33. The lowest BCUT2D eigenvalue weighted by atomic mass is 10.2. The second-order valence-corrected chi connectivity index (χ2v) is 7.31. The molecule has 110 valence electrons. The van der Waals surface area contributed by atoms with Gasteiger partial charge in [0.1, 0.15) is 10.7 Å². The normalized spacial score (nSPS) is 11.4. The highest BCUT2D eigenvalue weighted by Crippen LogP contribution is 2.25. The molecule has 0 aliphatic heterocycles. The van der Waals surface area contributed by atoms with Crippen LogP contribution >= 0.6 is 22.7 Å². The van der Waals surface area contributed by atoms with Crippen LogP contribution in [0, 0.1) is 20.8 Å². The maximum atomic E-state index is 12.2. The van der Waals surface area contributed by atoms with E-state index in [9.17, 15) is 4.79 Å². The number of fused-ring (bicyclic) bond motifs is 1. The molecular formula is C15H17N3OS2. The zero-order chi connectivity index (χ0) is 15.0. The van der Waals surface area contributed by atoms with Gasteiger partial charge >= 0.3 is 0 Å². The van der Waals surface area contributed by atoms with Crippen molar-refractivity contribution in [2.45, 2.75) is 33.9 Å². The SMILES string of the molecule is Cc1ccsc1CNCc1nc2sc(C)c(C)c2c(=O)[nH]1. The van der Waals surface area contributed by atoms with Crippen molar-refractivity contribution in [3.8, 4) is 0 Å². The van der Waals surface area contributed by atoms with E-state index in [1.807, 2.05) is 13.8 Å². The third-order valence-corrected chi connectivity index (χ3v) is 5.76. The molecule has 0 spiro atoms. The van der Waals surface area contributed by atoms with Crippen molar-refractivity contribution in [1.29, 1.82) is 0 Å². The number of aryl methyl sites for hydroxylation is 3. The Morgan fingerprint density at radius 2 is 2.10 bits per heavy atom. The molecule has 0 bridgehead atoms. The first kappa shape index (κ1) is 14.4. The van der Waals surface area contributed by atoms with E-state index in [4.69, 9.17) is 0 Å². The number of thiophene rings is 2. The van der Waals surface area contributed by atoms with Gasteiger partial charge in [0.25, 0.3) is 5.56 Å². The predicted octanol–water partition coefficient (Wildman–Crippen LogP) is 3.26. The lowest BCUT2D eigenvalue weighted by Gasteiger charge is -2.04. The molecule has 3 aromatic heterocycles. The minimum absolute atomic E-state index is 0.0362. The Morgan fingerprint density at radius 1 is 1.29 bits per heavy atom. The highest BCUT2D eigenvalue weighted by molar-refractivity contribution is 7.18. The molecule has 3 aromatic rings. The summed E-state index contributed by atoms with van der Waals surface area (Å²) in [6, 6.07) is 2.12. The number of rotatable bonds is 4. The molecule has 0 saturated heterocycles. The van der Waals surface area contributed by atoms with Crippen LogP contribution < -0.4 is 10.9 Å².